The highest BCUT2D eigenvalue weighted by Gasteiger charge is 2.22. The van der Waals surface area contributed by atoms with Crippen molar-refractivity contribution in [2.75, 3.05) is 0 Å². The van der Waals surface area contributed by atoms with E-state index in [0.29, 0.717) is 6.42 Å². The van der Waals surface area contributed by atoms with Crippen LogP contribution >= 0.6 is 15.9 Å². The van der Waals surface area contributed by atoms with Crippen molar-refractivity contribution in [1.29, 1.82) is 0 Å². The van der Waals surface area contributed by atoms with Gasteiger partial charge in [0.25, 0.3) is 0 Å². The summed E-state index contributed by atoms with van der Waals surface area (Å²) in [5.41, 5.74) is 0. The molecule has 0 spiro atoms. The van der Waals surface area contributed by atoms with Crippen LogP contribution < -0.4 is 0 Å². The molecule has 1 aliphatic rings. The highest BCUT2D eigenvalue weighted by atomic mass is 79.9. The van der Waals surface area contributed by atoms with Crippen molar-refractivity contribution in [3.05, 3.63) is 16.9 Å². The second-order valence-electron chi connectivity index (χ2n) is 3.56. The first-order chi connectivity index (χ1) is 6.25. The molecule has 1 saturated carbocycles. The zero-order valence-electron chi connectivity index (χ0n) is 7.29. The lowest BCUT2D eigenvalue weighted by Gasteiger charge is -2.24. The molecular formula is C9H12BrFN2. The van der Waals surface area contributed by atoms with Crippen molar-refractivity contribution in [2.45, 2.75) is 37.9 Å². The summed E-state index contributed by atoms with van der Waals surface area (Å²) in [7, 11) is 0. The molecule has 1 aromatic rings. The lowest BCUT2D eigenvalue weighted by molar-refractivity contribution is 0.192. The van der Waals surface area contributed by atoms with Gasteiger partial charge in [0.05, 0.1) is 16.7 Å². The van der Waals surface area contributed by atoms with Gasteiger partial charge in [0.15, 0.2) is 0 Å². The molecule has 13 heavy (non-hydrogen) atoms. The minimum atomic E-state index is -0.637. The van der Waals surface area contributed by atoms with E-state index in [4.69, 9.17) is 0 Å². The fraction of sp³-hybridized carbons (Fsp3) is 0.667. The molecule has 0 saturated heterocycles. The monoisotopic (exact) mass is 246 g/mol. The lowest BCUT2D eigenvalue weighted by atomic mass is 9.94. The SMILES string of the molecule is FC1CCCC(n2cc(Br)cn2)C1. The Bertz CT molecular complexity index is 287. The molecule has 2 atom stereocenters. The van der Waals surface area contributed by atoms with E-state index in [2.05, 4.69) is 21.0 Å². The summed E-state index contributed by atoms with van der Waals surface area (Å²) in [6.07, 6.45) is 6.40. The molecule has 0 aliphatic heterocycles. The van der Waals surface area contributed by atoms with E-state index in [9.17, 15) is 4.39 Å². The van der Waals surface area contributed by atoms with Crippen LogP contribution in [0.15, 0.2) is 16.9 Å². The van der Waals surface area contributed by atoms with Gasteiger partial charge in [-0.05, 0) is 35.2 Å². The van der Waals surface area contributed by atoms with Crippen LogP contribution in [0.2, 0.25) is 0 Å². The van der Waals surface area contributed by atoms with E-state index in [-0.39, 0.29) is 6.04 Å². The van der Waals surface area contributed by atoms with Crippen molar-refractivity contribution >= 4 is 15.9 Å². The summed E-state index contributed by atoms with van der Waals surface area (Å²) in [6, 6.07) is 0.259. The number of halogens is 2. The maximum absolute atomic E-state index is 13.1. The normalized spacial score (nSPS) is 29.1. The number of hydrogen-bond donors (Lipinski definition) is 0. The van der Waals surface area contributed by atoms with Crippen LogP contribution in [-0.4, -0.2) is 16.0 Å². The first kappa shape index (κ1) is 9.19. The standard InChI is InChI=1S/C9H12BrFN2/c10-7-5-12-13(6-7)9-3-1-2-8(11)4-9/h5-6,8-9H,1-4H2. The Morgan fingerprint density at radius 2 is 2.38 bits per heavy atom. The number of alkyl halides is 1. The van der Waals surface area contributed by atoms with Gasteiger partial charge in [0.1, 0.15) is 6.17 Å². The molecule has 0 amide bonds. The molecule has 0 radical (unpaired) electrons. The Kier molecular flexibility index (Phi) is 2.67. The number of rotatable bonds is 1. The quantitative estimate of drug-likeness (QED) is 0.745. The lowest BCUT2D eigenvalue weighted by Crippen LogP contribution is -2.20. The van der Waals surface area contributed by atoms with Gasteiger partial charge in [0, 0.05) is 12.6 Å². The van der Waals surface area contributed by atoms with Crippen molar-refractivity contribution in [3.8, 4) is 0 Å². The average Bonchev–Trinajstić information content (AvgIpc) is 2.52. The maximum Gasteiger partial charge on any atom is 0.102 e. The molecule has 2 rings (SSSR count). The Morgan fingerprint density at radius 3 is 3.00 bits per heavy atom. The molecular weight excluding hydrogens is 235 g/mol. The summed E-state index contributed by atoms with van der Waals surface area (Å²) in [5, 5.41) is 4.18. The van der Waals surface area contributed by atoms with Crippen LogP contribution in [0, 0.1) is 0 Å². The zero-order valence-corrected chi connectivity index (χ0v) is 8.87. The van der Waals surface area contributed by atoms with Crippen molar-refractivity contribution < 1.29 is 4.39 Å². The van der Waals surface area contributed by atoms with Gasteiger partial charge in [-0.25, -0.2) is 4.39 Å². The predicted octanol–water partition coefficient (Wildman–Crippen LogP) is 3.10. The molecule has 2 unspecified atom stereocenters. The van der Waals surface area contributed by atoms with Gasteiger partial charge in [-0.2, -0.15) is 5.10 Å². The zero-order chi connectivity index (χ0) is 9.26. The Labute approximate surface area is 85.3 Å². The summed E-state index contributed by atoms with van der Waals surface area (Å²) >= 11 is 3.34. The van der Waals surface area contributed by atoms with Crippen LogP contribution in [-0.2, 0) is 0 Å². The van der Waals surface area contributed by atoms with E-state index in [0.717, 1.165) is 23.7 Å². The fourth-order valence-electron chi connectivity index (χ4n) is 1.86. The van der Waals surface area contributed by atoms with Crippen LogP contribution in [0.25, 0.3) is 0 Å². The molecule has 0 aromatic carbocycles. The topological polar surface area (TPSA) is 17.8 Å². The second kappa shape index (κ2) is 3.78. The Hall–Kier alpha value is -0.380. The minimum Gasteiger partial charge on any atom is -0.268 e. The van der Waals surface area contributed by atoms with E-state index < -0.39 is 6.17 Å². The molecule has 2 nitrogen and oxygen atoms in total. The van der Waals surface area contributed by atoms with Crippen LogP contribution in [0.4, 0.5) is 4.39 Å². The maximum atomic E-state index is 13.1. The van der Waals surface area contributed by atoms with Crippen molar-refractivity contribution in [3.63, 3.8) is 0 Å². The third-order valence-corrected chi connectivity index (χ3v) is 2.94. The van der Waals surface area contributed by atoms with E-state index in [1.165, 1.54) is 0 Å². The van der Waals surface area contributed by atoms with E-state index in [1.54, 1.807) is 6.20 Å². The highest BCUT2D eigenvalue weighted by molar-refractivity contribution is 9.10. The molecule has 1 fully saturated rings. The Balaban J connectivity index is 2.08. The second-order valence-corrected chi connectivity index (χ2v) is 4.47. The van der Waals surface area contributed by atoms with Gasteiger partial charge >= 0.3 is 0 Å². The average molecular weight is 247 g/mol. The summed E-state index contributed by atoms with van der Waals surface area (Å²) in [4.78, 5) is 0. The van der Waals surface area contributed by atoms with Crippen LogP contribution in [0.5, 0.6) is 0 Å². The van der Waals surface area contributed by atoms with E-state index in [1.807, 2.05) is 10.9 Å². The molecule has 1 heterocycles. The molecule has 4 heteroatoms. The number of aromatic nitrogens is 2. The molecule has 0 bridgehead atoms. The molecule has 1 aromatic heterocycles. The first-order valence-corrected chi connectivity index (χ1v) is 5.39. The van der Waals surface area contributed by atoms with Crippen LogP contribution in [0.3, 0.4) is 0 Å². The smallest absolute Gasteiger partial charge is 0.102 e. The molecule has 1 aliphatic carbocycles. The van der Waals surface area contributed by atoms with Crippen molar-refractivity contribution in [1.82, 2.24) is 9.78 Å². The minimum absolute atomic E-state index is 0.259. The largest absolute Gasteiger partial charge is 0.268 e. The third kappa shape index (κ3) is 2.10. The van der Waals surface area contributed by atoms with Gasteiger partial charge in [-0.1, -0.05) is 0 Å². The third-order valence-electron chi connectivity index (χ3n) is 2.53. The Morgan fingerprint density at radius 1 is 1.54 bits per heavy atom. The van der Waals surface area contributed by atoms with Gasteiger partial charge < -0.3 is 0 Å². The number of hydrogen-bond acceptors (Lipinski definition) is 1. The molecule has 72 valence electrons. The van der Waals surface area contributed by atoms with Gasteiger partial charge in [-0.3, -0.25) is 4.68 Å². The summed E-state index contributed by atoms with van der Waals surface area (Å²) < 4.78 is 15.9. The van der Waals surface area contributed by atoms with Crippen LogP contribution in [0.1, 0.15) is 31.7 Å². The summed E-state index contributed by atoms with van der Waals surface area (Å²) in [5.74, 6) is 0. The number of nitrogens with zero attached hydrogens (tertiary/aromatic N) is 2. The predicted molar refractivity (Wildman–Crippen MR) is 52.3 cm³/mol. The van der Waals surface area contributed by atoms with Crippen molar-refractivity contribution in [2.24, 2.45) is 0 Å². The van der Waals surface area contributed by atoms with Gasteiger partial charge in [-0.15, -0.1) is 0 Å². The van der Waals surface area contributed by atoms with Gasteiger partial charge in [0.2, 0.25) is 0 Å². The van der Waals surface area contributed by atoms with E-state index >= 15 is 0 Å². The first-order valence-electron chi connectivity index (χ1n) is 4.59. The fourth-order valence-corrected chi connectivity index (χ4v) is 2.16. The summed E-state index contributed by atoms with van der Waals surface area (Å²) in [6.45, 7) is 0. The molecule has 0 N–H and O–H groups in total. The highest BCUT2D eigenvalue weighted by Crippen LogP contribution is 2.30.